The van der Waals surface area contributed by atoms with Gasteiger partial charge < -0.3 is 10.6 Å². The minimum Gasteiger partial charge on any atom is -0.399 e. The van der Waals surface area contributed by atoms with Crippen LogP contribution in [0.1, 0.15) is 31.7 Å². The van der Waals surface area contributed by atoms with Crippen LogP contribution in [0.2, 0.25) is 0 Å². The number of nitrogen functional groups attached to an aromatic ring is 1. The van der Waals surface area contributed by atoms with Crippen LogP contribution in [0.5, 0.6) is 0 Å². The van der Waals surface area contributed by atoms with Crippen LogP contribution in [0.15, 0.2) is 18.2 Å². The molecule has 1 rings (SSSR count). The normalized spacial score (nSPS) is 11.0. The van der Waals surface area contributed by atoms with Crippen molar-refractivity contribution < 1.29 is 4.39 Å². The van der Waals surface area contributed by atoms with Crippen LogP contribution in [0.3, 0.4) is 0 Å². The third-order valence-electron chi connectivity index (χ3n) is 2.58. The lowest BCUT2D eigenvalue weighted by Crippen LogP contribution is -2.19. The van der Waals surface area contributed by atoms with Gasteiger partial charge in [-0.1, -0.05) is 19.8 Å². The van der Waals surface area contributed by atoms with Crippen molar-refractivity contribution in [1.82, 2.24) is 4.90 Å². The van der Waals surface area contributed by atoms with Gasteiger partial charge in [0.15, 0.2) is 0 Å². The Morgan fingerprint density at radius 1 is 1.25 bits per heavy atom. The largest absolute Gasteiger partial charge is 0.399 e. The predicted octanol–water partition coefficient (Wildman–Crippen LogP) is 3.03. The highest BCUT2D eigenvalue weighted by atomic mass is 19.1. The maximum absolute atomic E-state index is 13.1. The predicted molar refractivity (Wildman–Crippen MR) is 66.7 cm³/mol. The molecule has 0 amide bonds. The van der Waals surface area contributed by atoms with Gasteiger partial charge in [0.05, 0.1) is 0 Å². The fourth-order valence-electron chi connectivity index (χ4n) is 1.79. The second-order valence-electron chi connectivity index (χ2n) is 4.34. The first-order valence-corrected chi connectivity index (χ1v) is 5.85. The van der Waals surface area contributed by atoms with Crippen LogP contribution in [-0.4, -0.2) is 18.5 Å². The molecule has 0 aliphatic heterocycles. The van der Waals surface area contributed by atoms with Crippen molar-refractivity contribution in [3.8, 4) is 0 Å². The summed E-state index contributed by atoms with van der Waals surface area (Å²) in [6.45, 7) is 3.99. The Kier molecular flexibility index (Phi) is 5.26. The van der Waals surface area contributed by atoms with Crippen molar-refractivity contribution in [3.63, 3.8) is 0 Å². The molecule has 0 saturated heterocycles. The second kappa shape index (κ2) is 6.48. The minimum absolute atomic E-state index is 0.253. The molecular weight excluding hydrogens is 203 g/mol. The zero-order valence-electron chi connectivity index (χ0n) is 10.2. The van der Waals surface area contributed by atoms with Crippen LogP contribution in [0.25, 0.3) is 0 Å². The van der Waals surface area contributed by atoms with E-state index in [2.05, 4.69) is 18.9 Å². The van der Waals surface area contributed by atoms with E-state index in [-0.39, 0.29) is 5.82 Å². The lowest BCUT2D eigenvalue weighted by Gasteiger charge is -2.16. The van der Waals surface area contributed by atoms with E-state index in [1.54, 1.807) is 6.07 Å². The molecule has 90 valence electrons. The average molecular weight is 224 g/mol. The Morgan fingerprint density at radius 2 is 2.00 bits per heavy atom. The minimum atomic E-state index is -0.253. The van der Waals surface area contributed by atoms with Crippen molar-refractivity contribution in [2.45, 2.75) is 32.7 Å². The molecule has 3 heteroatoms. The Balaban J connectivity index is 2.45. The Labute approximate surface area is 97.3 Å². The van der Waals surface area contributed by atoms with Crippen LogP contribution in [0, 0.1) is 5.82 Å². The van der Waals surface area contributed by atoms with Gasteiger partial charge in [-0.25, -0.2) is 4.39 Å². The molecule has 2 N–H and O–H groups in total. The maximum Gasteiger partial charge on any atom is 0.125 e. The molecule has 0 saturated carbocycles. The Hall–Kier alpha value is -1.09. The average Bonchev–Trinajstić information content (AvgIpc) is 2.16. The summed E-state index contributed by atoms with van der Waals surface area (Å²) in [5.74, 6) is -0.253. The second-order valence-corrected chi connectivity index (χ2v) is 4.34. The first-order valence-electron chi connectivity index (χ1n) is 5.85. The first kappa shape index (κ1) is 13.0. The topological polar surface area (TPSA) is 29.3 Å². The van der Waals surface area contributed by atoms with Crippen molar-refractivity contribution in [1.29, 1.82) is 0 Å². The SMILES string of the molecule is CCCCCN(C)Cc1cc(N)cc(F)c1. The van der Waals surface area contributed by atoms with Crippen LogP contribution >= 0.6 is 0 Å². The fourth-order valence-corrected chi connectivity index (χ4v) is 1.79. The molecule has 1 aromatic carbocycles. The van der Waals surface area contributed by atoms with Gasteiger partial charge in [0, 0.05) is 12.2 Å². The van der Waals surface area contributed by atoms with E-state index in [0.29, 0.717) is 5.69 Å². The van der Waals surface area contributed by atoms with Gasteiger partial charge in [0.1, 0.15) is 5.82 Å². The van der Waals surface area contributed by atoms with E-state index in [1.165, 1.54) is 25.3 Å². The molecule has 2 nitrogen and oxygen atoms in total. The molecule has 0 aliphatic rings. The van der Waals surface area contributed by atoms with Gasteiger partial charge >= 0.3 is 0 Å². The van der Waals surface area contributed by atoms with E-state index in [0.717, 1.165) is 18.7 Å². The van der Waals surface area contributed by atoms with Gasteiger partial charge in [0.25, 0.3) is 0 Å². The van der Waals surface area contributed by atoms with Crippen molar-refractivity contribution in [3.05, 3.63) is 29.6 Å². The molecule has 0 radical (unpaired) electrons. The quantitative estimate of drug-likeness (QED) is 0.594. The molecule has 1 aromatic rings. The highest BCUT2D eigenvalue weighted by Crippen LogP contribution is 2.12. The highest BCUT2D eigenvalue weighted by molar-refractivity contribution is 5.41. The first-order chi connectivity index (χ1) is 7.61. The standard InChI is InChI=1S/C13H21FN2/c1-3-4-5-6-16(2)10-11-7-12(14)9-13(15)8-11/h7-9H,3-6,10,15H2,1-2H3. The summed E-state index contributed by atoms with van der Waals surface area (Å²) in [5, 5.41) is 0. The van der Waals surface area contributed by atoms with Gasteiger partial charge in [-0.2, -0.15) is 0 Å². The van der Waals surface area contributed by atoms with Gasteiger partial charge in [0.2, 0.25) is 0 Å². The number of hydrogen-bond donors (Lipinski definition) is 1. The van der Waals surface area contributed by atoms with Gasteiger partial charge in [-0.15, -0.1) is 0 Å². The number of rotatable bonds is 6. The molecule has 0 aromatic heterocycles. The fraction of sp³-hybridized carbons (Fsp3) is 0.538. The summed E-state index contributed by atoms with van der Waals surface area (Å²) in [6.07, 6.45) is 3.66. The van der Waals surface area contributed by atoms with E-state index in [1.807, 2.05) is 6.07 Å². The molecule has 0 spiro atoms. The van der Waals surface area contributed by atoms with E-state index in [4.69, 9.17) is 5.73 Å². The molecule has 16 heavy (non-hydrogen) atoms. The number of unbranched alkanes of at least 4 members (excludes halogenated alkanes) is 2. The van der Waals surface area contributed by atoms with Gasteiger partial charge in [-0.3, -0.25) is 0 Å². The third-order valence-corrected chi connectivity index (χ3v) is 2.58. The Bertz CT molecular complexity index is 305. The van der Waals surface area contributed by atoms with Gasteiger partial charge in [-0.05, 0) is 43.8 Å². The summed E-state index contributed by atoms with van der Waals surface area (Å²) in [6, 6.07) is 4.73. The number of benzene rings is 1. The summed E-state index contributed by atoms with van der Waals surface area (Å²) in [7, 11) is 2.05. The van der Waals surface area contributed by atoms with Crippen molar-refractivity contribution >= 4 is 5.69 Å². The molecule has 0 fully saturated rings. The molecule has 0 atom stereocenters. The monoisotopic (exact) mass is 224 g/mol. The van der Waals surface area contributed by atoms with Crippen LogP contribution < -0.4 is 5.73 Å². The molecule has 0 unspecified atom stereocenters. The van der Waals surface area contributed by atoms with E-state index >= 15 is 0 Å². The zero-order valence-corrected chi connectivity index (χ0v) is 10.2. The molecule has 0 bridgehead atoms. The zero-order chi connectivity index (χ0) is 12.0. The number of nitrogens with zero attached hydrogens (tertiary/aromatic N) is 1. The molecular formula is C13H21FN2. The number of nitrogens with two attached hydrogens (primary N) is 1. The number of anilines is 1. The molecule has 0 aliphatic carbocycles. The lowest BCUT2D eigenvalue weighted by atomic mass is 10.1. The third kappa shape index (κ3) is 4.62. The van der Waals surface area contributed by atoms with Crippen LogP contribution in [-0.2, 0) is 6.54 Å². The summed E-state index contributed by atoms with van der Waals surface area (Å²) < 4.78 is 13.1. The summed E-state index contributed by atoms with van der Waals surface area (Å²) >= 11 is 0. The number of halogens is 1. The number of hydrogen-bond acceptors (Lipinski definition) is 2. The highest BCUT2D eigenvalue weighted by Gasteiger charge is 2.02. The molecule has 0 heterocycles. The van der Waals surface area contributed by atoms with Crippen molar-refractivity contribution in [2.24, 2.45) is 0 Å². The van der Waals surface area contributed by atoms with E-state index < -0.39 is 0 Å². The lowest BCUT2D eigenvalue weighted by molar-refractivity contribution is 0.318. The summed E-state index contributed by atoms with van der Waals surface area (Å²) in [5.41, 5.74) is 7.04. The van der Waals surface area contributed by atoms with Crippen molar-refractivity contribution in [2.75, 3.05) is 19.3 Å². The maximum atomic E-state index is 13.1. The summed E-state index contributed by atoms with van der Waals surface area (Å²) in [4.78, 5) is 2.20. The van der Waals surface area contributed by atoms with E-state index in [9.17, 15) is 4.39 Å². The van der Waals surface area contributed by atoms with Crippen LogP contribution in [0.4, 0.5) is 10.1 Å². The Morgan fingerprint density at radius 3 is 2.62 bits per heavy atom. The smallest absolute Gasteiger partial charge is 0.125 e.